The van der Waals surface area contributed by atoms with Gasteiger partial charge in [-0.05, 0) is 0 Å². The molecule has 0 amide bonds. The molecular weight excluding hydrogens is 206 g/mol. The summed E-state index contributed by atoms with van der Waals surface area (Å²) in [5.41, 5.74) is 0. The maximum atomic E-state index is 9.75. The molecule has 6 heteroatoms. The Morgan fingerprint density at radius 3 is 0.833 bits per heavy atom. The normalized spacial score (nSPS) is 10.0. The standard InChI is InChI=1S/BF4.Sn.2H/c2-1(3,4)5;;;/q-1;;;. The van der Waals surface area contributed by atoms with Crippen molar-refractivity contribution in [2.45, 2.75) is 0 Å². The maximum absolute atomic E-state index is 9.75. The fourth-order valence-electron chi connectivity index (χ4n) is 0. The minimum absolute atomic E-state index is 0. The Hall–Kier alpha value is 0.584. The Bertz CT molecular complexity index is 23.0. The molecule has 0 aromatic heterocycles. The van der Waals surface area contributed by atoms with Gasteiger partial charge < -0.3 is 17.3 Å². The van der Waals surface area contributed by atoms with Crippen LogP contribution in [0.3, 0.4) is 0 Å². The van der Waals surface area contributed by atoms with Crippen molar-refractivity contribution < 1.29 is 17.3 Å². The van der Waals surface area contributed by atoms with E-state index in [0.717, 1.165) is 0 Å². The molecule has 0 nitrogen and oxygen atoms in total. The van der Waals surface area contributed by atoms with Crippen LogP contribution in [0.1, 0.15) is 0 Å². The summed E-state index contributed by atoms with van der Waals surface area (Å²) in [7, 11) is -6.00. The summed E-state index contributed by atoms with van der Waals surface area (Å²) < 4.78 is 39.0. The Morgan fingerprint density at radius 2 is 0.833 bits per heavy atom. The van der Waals surface area contributed by atoms with E-state index in [0.29, 0.717) is 0 Å². The second-order valence-electron chi connectivity index (χ2n) is 0.495. The Kier molecular flexibility index (Phi) is 4.41. The molecule has 0 atom stereocenters. The molecular formula is H2BF4Sn-. The average Bonchev–Trinajstić information content (AvgIpc) is 0.722. The van der Waals surface area contributed by atoms with E-state index < -0.39 is 7.25 Å². The van der Waals surface area contributed by atoms with Crippen LogP contribution in [-0.4, -0.2) is 31.2 Å². The Balaban J connectivity index is 0. The van der Waals surface area contributed by atoms with Crippen LogP contribution in [0, 0.1) is 0 Å². The van der Waals surface area contributed by atoms with Crippen molar-refractivity contribution in [2.24, 2.45) is 0 Å². The van der Waals surface area contributed by atoms with Crippen LogP contribution in [0.5, 0.6) is 0 Å². The van der Waals surface area contributed by atoms with Crippen molar-refractivity contribution in [1.29, 1.82) is 0 Å². The van der Waals surface area contributed by atoms with Crippen molar-refractivity contribution in [2.75, 3.05) is 0 Å². The Labute approximate surface area is 49.0 Å². The third-order valence-electron chi connectivity index (χ3n) is 0. The van der Waals surface area contributed by atoms with Crippen LogP contribution in [0.4, 0.5) is 17.3 Å². The Morgan fingerprint density at radius 1 is 0.833 bits per heavy atom. The number of hydrogen-bond acceptors (Lipinski definition) is 0. The van der Waals surface area contributed by atoms with Gasteiger partial charge in [-0.15, -0.1) is 0 Å². The number of hydrogen-bond donors (Lipinski definition) is 0. The van der Waals surface area contributed by atoms with E-state index >= 15 is 0 Å². The average molecular weight is 208 g/mol. The fourth-order valence-corrected chi connectivity index (χ4v) is 0. The molecule has 0 fully saturated rings. The van der Waals surface area contributed by atoms with Gasteiger partial charge in [0, 0.05) is 0 Å². The summed E-state index contributed by atoms with van der Waals surface area (Å²) >= 11 is 0. The van der Waals surface area contributed by atoms with Crippen LogP contribution < -0.4 is 0 Å². The van der Waals surface area contributed by atoms with Gasteiger partial charge in [-0.3, -0.25) is 0 Å². The third-order valence-corrected chi connectivity index (χ3v) is 0. The monoisotopic (exact) mass is 209 g/mol. The molecule has 2 radical (unpaired) electrons. The molecule has 0 aliphatic carbocycles. The predicted octanol–water partition coefficient (Wildman–Crippen LogP) is 0.384. The molecule has 0 saturated carbocycles. The van der Waals surface area contributed by atoms with E-state index in [-0.39, 0.29) is 23.9 Å². The molecule has 6 heavy (non-hydrogen) atoms. The van der Waals surface area contributed by atoms with Gasteiger partial charge in [-0.1, -0.05) is 0 Å². The van der Waals surface area contributed by atoms with Gasteiger partial charge in [0.25, 0.3) is 0 Å². The second-order valence-corrected chi connectivity index (χ2v) is 0.495. The van der Waals surface area contributed by atoms with Crippen LogP contribution in [-0.2, 0) is 0 Å². The van der Waals surface area contributed by atoms with Crippen molar-refractivity contribution >= 4 is 31.2 Å². The van der Waals surface area contributed by atoms with Crippen molar-refractivity contribution in [3.63, 3.8) is 0 Å². The first-order chi connectivity index (χ1) is 2.00. The fraction of sp³-hybridized carbons (Fsp3) is 0. The van der Waals surface area contributed by atoms with Crippen molar-refractivity contribution in [3.05, 3.63) is 0 Å². The number of halogens is 4. The summed E-state index contributed by atoms with van der Waals surface area (Å²) in [6.07, 6.45) is 0. The zero-order chi connectivity index (χ0) is 4.50. The molecule has 0 N–H and O–H groups in total. The third kappa shape index (κ3) is 173. The summed E-state index contributed by atoms with van der Waals surface area (Å²) in [6, 6.07) is 0. The van der Waals surface area contributed by atoms with Crippen LogP contribution in [0.2, 0.25) is 0 Å². The van der Waals surface area contributed by atoms with E-state index in [4.69, 9.17) is 0 Å². The molecule has 0 aromatic rings. The zero-order valence-electron chi connectivity index (χ0n) is 2.80. The van der Waals surface area contributed by atoms with Crippen LogP contribution in [0.25, 0.3) is 0 Å². The molecule has 0 bridgehead atoms. The van der Waals surface area contributed by atoms with Crippen molar-refractivity contribution in [3.8, 4) is 0 Å². The van der Waals surface area contributed by atoms with E-state index in [1.807, 2.05) is 0 Å². The van der Waals surface area contributed by atoms with Crippen LogP contribution in [0.15, 0.2) is 0 Å². The van der Waals surface area contributed by atoms with Gasteiger partial charge in [0.15, 0.2) is 0 Å². The number of rotatable bonds is 0. The quantitative estimate of drug-likeness (QED) is 0.398. The summed E-state index contributed by atoms with van der Waals surface area (Å²) in [5.74, 6) is 0. The van der Waals surface area contributed by atoms with Gasteiger partial charge in [0.2, 0.25) is 0 Å². The van der Waals surface area contributed by atoms with E-state index in [2.05, 4.69) is 0 Å². The molecule has 0 saturated heterocycles. The van der Waals surface area contributed by atoms with Crippen LogP contribution >= 0.6 is 0 Å². The zero-order valence-corrected chi connectivity index (χ0v) is 6.83. The minimum atomic E-state index is -6.00. The van der Waals surface area contributed by atoms with E-state index in [9.17, 15) is 17.3 Å². The molecule has 0 rings (SSSR count). The second kappa shape index (κ2) is 2.71. The first-order valence-corrected chi connectivity index (χ1v) is 0.873. The molecule has 0 unspecified atom stereocenters. The molecule has 0 aromatic carbocycles. The molecule has 0 aliphatic rings. The first-order valence-electron chi connectivity index (χ1n) is 0.873. The summed E-state index contributed by atoms with van der Waals surface area (Å²) in [5, 5.41) is 0. The van der Waals surface area contributed by atoms with Gasteiger partial charge in [0.1, 0.15) is 0 Å². The van der Waals surface area contributed by atoms with Gasteiger partial charge in [-0.25, -0.2) is 0 Å². The van der Waals surface area contributed by atoms with E-state index in [1.54, 1.807) is 0 Å². The van der Waals surface area contributed by atoms with Gasteiger partial charge >= 0.3 is 31.2 Å². The van der Waals surface area contributed by atoms with Crippen molar-refractivity contribution in [1.82, 2.24) is 0 Å². The topological polar surface area (TPSA) is 0 Å². The molecule has 0 aliphatic heterocycles. The SMILES string of the molecule is F[B-](F)(F)F.[SnH2]. The molecule has 0 spiro atoms. The van der Waals surface area contributed by atoms with Gasteiger partial charge in [0.05, 0.1) is 0 Å². The van der Waals surface area contributed by atoms with Gasteiger partial charge in [-0.2, -0.15) is 0 Å². The molecule has 38 valence electrons. The predicted molar refractivity (Wildman–Crippen MR) is 18.7 cm³/mol. The first kappa shape index (κ1) is 9.77. The summed E-state index contributed by atoms with van der Waals surface area (Å²) in [4.78, 5) is 0. The van der Waals surface area contributed by atoms with E-state index in [1.165, 1.54) is 0 Å². The summed E-state index contributed by atoms with van der Waals surface area (Å²) in [6.45, 7) is 0. The molecule has 0 heterocycles.